The van der Waals surface area contributed by atoms with Crippen LogP contribution in [0.15, 0.2) is 71.1 Å². The number of carbonyl (C=O) groups excluding carboxylic acids is 3. The highest BCUT2D eigenvalue weighted by molar-refractivity contribution is 6.30. The smallest absolute Gasteiger partial charge is 0.351 e. The summed E-state index contributed by atoms with van der Waals surface area (Å²) >= 11 is 5.93. The first-order valence-electron chi connectivity index (χ1n) is 10.6. The molecule has 2 atom stereocenters. The van der Waals surface area contributed by atoms with Crippen LogP contribution in [0.2, 0.25) is 5.02 Å². The molecule has 2 aromatic rings. The van der Waals surface area contributed by atoms with Crippen molar-refractivity contribution >= 4 is 35.2 Å². The molecular formula is C25H23ClN2O8. The van der Waals surface area contributed by atoms with E-state index >= 15 is 0 Å². The van der Waals surface area contributed by atoms with E-state index in [1.54, 1.807) is 19.9 Å². The van der Waals surface area contributed by atoms with Crippen LogP contribution in [0.3, 0.4) is 0 Å². The second-order valence-corrected chi connectivity index (χ2v) is 8.28. The summed E-state index contributed by atoms with van der Waals surface area (Å²) in [6.45, 7) is 3.21. The molecule has 2 aromatic carbocycles. The minimum absolute atomic E-state index is 0.0237. The summed E-state index contributed by atoms with van der Waals surface area (Å²) in [5.74, 6) is -3.58. The molecule has 36 heavy (non-hydrogen) atoms. The highest BCUT2D eigenvalue weighted by Crippen LogP contribution is 2.40. The molecule has 0 saturated carbocycles. The third kappa shape index (κ3) is 5.38. The number of nitrogens with zero attached hydrogens (tertiary/aromatic N) is 1. The van der Waals surface area contributed by atoms with Gasteiger partial charge in [-0.05, 0) is 31.5 Å². The number of esters is 3. The molecule has 11 heteroatoms. The fraction of sp³-hybridized carbons (Fsp3) is 0.240. The Kier molecular flexibility index (Phi) is 8.11. The monoisotopic (exact) mass is 514 g/mol. The van der Waals surface area contributed by atoms with E-state index < -0.39 is 34.9 Å². The average Bonchev–Trinajstić information content (AvgIpc) is 2.86. The lowest BCUT2D eigenvalue weighted by Crippen LogP contribution is -2.33. The third-order valence-electron chi connectivity index (χ3n) is 5.61. The van der Waals surface area contributed by atoms with Gasteiger partial charge < -0.3 is 19.5 Å². The van der Waals surface area contributed by atoms with Gasteiger partial charge in [0.15, 0.2) is 0 Å². The molecule has 0 saturated heterocycles. The van der Waals surface area contributed by atoms with E-state index in [9.17, 15) is 24.5 Å². The molecule has 0 bridgehead atoms. The van der Waals surface area contributed by atoms with Crippen LogP contribution in [-0.4, -0.2) is 37.1 Å². The fourth-order valence-corrected chi connectivity index (χ4v) is 4.09. The van der Waals surface area contributed by atoms with E-state index in [1.165, 1.54) is 49.6 Å². The van der Waals surface area contributed by atoms with Crippen molar-refractivity contribution in [1.29, 1.82) is 0 Å². The second kappa shape index (κ2) is 11.0. The first-order valence-corrected chi connectivity index (χ1v) is 11.0. The van der Waals surface area contributed by atoms with Gasteiger partial charge in [0.2, 0.25) is 6.10 Å². The number of nitro benzene ring substituents is 1. The van der Waals surface area contributed by atoms with Crippen LogP contribution in [0.1, 0.15) is 37.0 Å². The number of halogens is 1. The topological polar surface area (TPSA) is 134 Å². The summed E-state index contributed by atoms with van der Waals surface area (Å²) in [5, 5.41) is 14.8. The van der Waals surface area contributed by atoms with Crippen LogP contribution in [-0.2, 0) is 28.6 Å². The van der Waals surface area contributed by atoms with Gasteiger partial charge >= 0.3 is 17.9 Å². The zero-order valence-corrected chi connectivity index (χ0v) is 20.6. The van der Waals surface area contributed by atoms with E-state index in [0.29, 0.717) is 22.0 Å². The largest absolute Gasteiger partial charge is 0.466 e. The number of rotatable bonds is 7. The molecule has 0 radical (unpaired) electrons. The number of dihydropyridines is 1. The van der Waals surface area contributed by atoms with Gasteiger partial charge in [0.1, 0.15) is 0 Å². The molecule has 1 aliphatic rings. The second-order valence-electron chi connectivity index (χ2n) is 7.84. The van der Waals surface area contributed by atoms with Crippen LogP contribution in [0.5, 0.6) is 0 Å². The van der Waals surface area contributed by atoms with E-state index in [-0.39, 0.29) is 22.4 Å². The lowest BCUT2D eigenvalue weighted by Gasteiger charge is -2.30. The van der Waals surface area contributed by atoms with Crippen molar-refractivity contribution in [2.45, 2.75) is 25.9 Å². The Morgan fingerprint density at radius 2 is 1.58 bits per heavy atom. The minimum Gasteiger partial charge on any atom is -0.466 e. The predicted octanol–water partition coefficient (Wildman–Crippen LogP) is 4.11. The Bertz CT molecular complexity index is 1280. The number of hydrogen-bond acceptors (Lipinski definition) is 9. The number of ether oxygens (including phenoxy) is 3. The zero-order valence-electron chi connectivity index (χ0n) is 19.9. The van der Waals surface area contributed by atoms with Gasteiger partial charge in [0, 0.05) is 34.1 Å². The average molecular weight is 515 g/mol. The van der Waals surface area contributed by atoms with Crippen molar-refractivity contribution in [1.82, 2.24) is 5.32 Å². The molecule has 1 aliphatic heterocycles. The van der Waals surface area contributed by atoms with Crippen molar-refractivity contribution in [3.05, 3.63) is 97.3 Å². The van der Waals surface area contributed by atoms with Crippen molar-refractivity contribution in [2.75, 3.05) is 14.2 Å². The number of hydrogen-bond donors (Lipinski definition) is 1. The number of carbonyl (C=O) groups is 3. The summed E-state index contributed by atoms with van der Waals surface area (Å²) in [5.41, 5.74) is 1.15. The van der Waals surface area contributed by atoms with E-state index in [2.05, 4.69) is 5.32 Å². The number of benzene rings is 2. The molecule has 3 rings (SSSR count). The number of nitro groups is 1. The third-order valence-corrected chi connectivity index (χ3v) is 5.86. The van der Waals surface area contributed by atoms with E-state index in [1.807, 2.05) is 0 Å². The lowest BCUT2D eigenvalue weighted by molar-refractivity contribution is -0.384. The number of allylic oxidation sites excluding steroid dienone is 2. The molecule has 1 heterocycles. The Labute approximate surface area is 211 Å². The standard InChI is InChI=1S/C25H23ClN2O8/c1-13-19(23(29)34-3)21(16-6-5-7-18(12-16)28(32)33)20(14(2)27-13)24(30)36-22(25(31)35-4)15-8-10-17(26)11-9-15/h5-12,21-22,27H,1-4H3. The summed E-state index contributed by atoms with van der Waals surface area (Å²) in [6.07, 6.45) is -1.43. The van der Waals surface area contributed by atoms with Crippen molar-refractivity contribution < 1.29 is 33.5 Å². The van der Waals surface area contributed by atoms with Crippen molar-refractivity contribution in [3.63, 3.8) is 0 Å². The first kappa shape index (κ1) is 26.4. The maximum Gasteiger partial charge on any atom is 0.351 e. The fourth-order valence-electron chi connectivity index (χ4n) is 3.96. The van der Waals surface area contributed by atoms with Gasteiger partial charge in [-0.1, -0.05) is 35.9 Å². The Morgan fingerprint density at radius 3 is 2.14 bits per heavy atom. The van der Waals surface area contributed by atoms with Crippen LogP contribution in [0.25, 0.3) is 0 Å². The van der Waals surface area contributed by atoms with Gasteiger partial charge in [0.25, 0.3) is 5.69 Å². The maximum absolute atomic E-state index is 13.6. The van der Waals surface area contributed by atoms with Gasteiger partial charge in [-0.2, -0.15) is 0 Å². The van der Waals surface area contributed by atoms with Gasteiger partial charge in [-0.15, -0.1) is 0 Å². The summed E-state index contributed by atoms with van der Waals surface area (Å²) in [7, 11) is 2.34. The molecule has 2 unspecified atom stereocenters. The Balaban J connectivity index is 2.12. The van der Waals surface area contributed by atoms with Crippen LogP contribution in [0.4, 0.5) is 5.69 Å². The highest BCUT2D eigenvalue weighted by atomic mass is 35.5. The molecule has 0 fully saturated rings. The minimum atomic E-state index is -1.43. The van der Waals surface area contributed by atoms with Crippen LogP contribution < -0.4 is 5.32 Å². The Morgan fingerprint density at radius 1 is 0.972 bits per heavy atom. The molecular weight excluding hydrogens is 492 g/mol. The maximum atomic E-state index is 13.6. The molecule has 0 aliphatic carbocycles. The van der Waals surface area contributed by atoms with Crippen LogP contribution >= 0.6 is 11.6 Å². The summed E-state index contributed by atoms with van der Waals surface area (Å²) < 4.78 is 15.4. The number of nitrogens with one attached hydrogen (secondary N) is 1. The van der Waals surface area contributed by atoms with E-state index in [0.717, 1.165) is 7.11 Å². The SMILES string of the molecule is COC(=O)C1=C(C)NC(C)=C(C(=O)OC(C(=O)OC)c2ccc(Cl)cc2)C1c1cccc([N+](=O)[O-])c1. The predicted molar refractivity (Wildman–Crippen MR) is 129 cm³/mol. The molecule has 0 amide bonds. The van der Waals surface area contributed by atoms with Crippen molar-refractivity contribution in [3.8, 4) is 0 Å². The summed E-state index contributed by atoms with van der Waals surface area (Å²) in [4.78, 5) is 49.7. The van der Waals surface area contributed by atoms with Crippen molar-refractivity contribution in [2.24, 2.45) is 0 Å². The lowest BCUT2D eigenvalue weighted by atomic mass is 9.80. The van der Waals surface area contributed by atoms with Gasteiger partial charge in [-0.3, -0.25) is 10.1 Å². The quantitative estimate of drug-likeness (QED) is 0.250. The van der Waals surface area contributed by atoms with Crippen LogP contribution in [0, 0.1) is 10.1 Å². The number of methoxy groups -OCH3 is 2. The Hall–Kier alpha value is -4.18. The molecule has 0 aromatic heterocycles. The molecule has 188 valence electrons. The zero-order chi connectivity index (χ0) is 26.6. The highest BCUT2D eigenvalue weighted by Gasteiger charge is 2.40. The molecule has 0 spiro atoms. The number of non-ortho nitro benzene ring substituents is 1. The molecule has 10 nitrogen and oxygen atoms in total. The van der Waals surface area contributed by atoms with Gasteiger partial charge in [-0.25, -0.2) is 14.4 Å². The first-order chi connectivity index (χ1) is 17.1. The van der Waals surface area contributed by atoms with E-state index in [4.69, 9.17) is 25.8 Å². The summed E-state index contributed by atoms with van der Waals surface area (Å²) in [6, 6.07) is 11.6. The normalized spacial score (nSPS) is 16.1. The van der Waals surface area contributed by atoms with Gasteiger partial charge in [0.05, 0.1) is 36.2 Å². The molecule has 1 N–H and O–H groups in total.